The fourth-order valence-electron chi connectivity index (χ4n) is 5.21. The first kappa shape index (κ1) is 28.9. The van der Waals surface area contributed by atoms with E-state index in [0.29, 0.717) is 5.92 Å². The molecule has 4 heterocycles. The molecule has 1 radical (unpaired) electrons. The second-order valence-electron chi connectivity index (χ2n) is 10.4. The Morgan fingerprint density at radius 1 is 0.805 bits per heavy atom. The number of benzene rings is 3. The zero-order valence-corrected chi connectivity index (χ0v) is 26.9. The summed E-state index contributed by atoms with van der Waals surface area (Å²) in [6, 6.07) is 30.9. The standard InChI is InChI=1S/C25H22NOS.C11H8N.Ir/c1-13(2)20-11-21(26-12-14(20)3)19-8-6-7-17-18-9-10-22-23(15(4)16(5)28-22)25(18)27-24(17)19;1-2-6-10(7-3-1)11-8-4-5-9-12-11;/h6-7,9-13H,1-5H3;1-6,8-9H;/q2*-1;. The molecule has 0 aliphatic carbocycles. The molecule has 0 N–H and O–H groups in total. The summed E-state index contributed by atoms with van der Waals surface area (Å²) >= 11 is 1.83. The van der Waals surface area contributed by atoms with Crippen LogP contribution < -0.4 is 0 Å². The first-order valence-electron chi connectivity index (χ1n) is 13.5. The molecule has 0 saturated carbocycles. The van der Waals surface area contributed by atoms with Crippen molar-refractivity contribution in [2.75, 3.05) is 0 Å². The third-order valence-corrected chi connectivity index (χ3v) is 8.57. The topological polar surface area (TPSA) is 38.9 Å². The van der Waals surface area contributed by atoms with Gasteiger partial charge in [0.05, 0.1) is 5.58 Å². The van der Waals surface area contributed by atoms with Crippen LogP contribution in [0.1, 0.15) is 41.3 Å². The fourth-order valence-corrected chi connectivity index (χ4v) is 6.28. The van der Waals surface area contributed by atoms with Crippen molar-refractivity contribution in [2.45, 2.75) is 40.5 Å². The van der Waals surface area contributed by atoms with Crippen molar-refractivity contribution < 1.29 is 24.5 Å². The van der Waals surface area contributed by atoms with E-state index in [-0.39, 0.29) is 20.1 Å². The molecule has 207 valence electrons. The smallest absolute Gasteiger partial charge is 0.129 e. The van der Waals surface area contributed by atoms with Crippen LogP contribution in [0.25, 0.3) is 54.5 Å². The molecular formula is C36H30IrN2OS-2. The molecule has 3 aromatic carbocycles. The van der Waals surface area contributed by atoms with Gasteiger partial charge in [-0.3, -0.25) is 0 Å². The predicted molar refractivity (Wildman–Crippen MR) is 168 cm³/mol. The quantitative estimate of drug-likeness (QED) is 0.170. The van der Waals surface area contributed by atoms with Crippen LogP contribution in [0.5, 0.6) is 0 Å². The van der Waals surface area contributed by atoms with Crippen LogP contribution in [0.2, 0.25) is 0 Å². The fraction of sp³-hybridized carbons (Fsp3) is 0.167. The van der Waals surface area contributed by atoms with Gasteiger partial charge in [0.25, 0.3) is 0 Å². The van der Waals surface area contributed by atoms with E-state index in [0.717, 1.165) is 44.5 Å². The minimum atomic E-state index is 0. The Labute approximate surface area is 258 Å². The Morgan fingerprint density at radius 3 is 2.34 bits per heavy atom. The average Bonchev–Trinajstić information content (AvgIpc) is 3.51. The van der Waals surface area contributed by atoms with Crippen molar-refractivity contribution in [3.05, 3.63) is 119 Å². The Kier molecular flexibility index (Phi) is 8.51. The first-order valence-corrected chi connectivity index (χ1v) is 14.3. The zero-order chi connectivity index (χ0) is 27.8. The minimum absolute atomic E-state index is 0. The molecule has 7 rings (SSSR count). The maximum atomic E-state index is 6.51. The molecule has 5 heteroatoms. The molecule has 41 heavy (non-hydrogen) atoms. The number of rotatable bonds is 3. The number of aryl methyl sites for hydroxylation is 3. The number of hydrogen-bond donors (Lipinski definition) is 0. The van der Waals surface area contributed by atoms with E-state index in [9.17, 15) is 0 Å². The molecule has 0 atom stereocenters. The van der Waals surface area contributed by atoms with Gasteiger partial charge in [0, 0.05) is 52.8 Å². The molecule has 0 spiro atoms. The summed E-state index contributed by atoms with van der Waals surface area (Å²) in [4.78, 5) is 10.3. The van der Waals surface area contributed by atoms with Crippen LogP contribution in [0.3, 0.4) is 0 Å². The van der Waals surface area contributed by atoms with Gasteiger partial charge >= 0.3 is 0 Å². The van der Waals surface area contributed by atoms with Crippen LogP contribution in [-0.2, 0) is 20.1 Å². The Morgan fingerprint density at radius 2 is 1.61 bits per heavy atom. The van der Waals surface area contributed by atoms with Crippen LogP contribution >= 0.6 is 11.3 Å². The number of nitrogens with zero attached hydrogens (tertiary/aromatic N) is 2. The molecule has 4 aromatic heterocycles. The zero-order valence-electron chi connectivity index (χ0n) is 23.7. The summed E-state index contributed by atoms with van der Waals surface area (Å²) in [6.45, 7) is 10.9. The van der Waals surface area contributed by atoms with Crippen LogP contribution in [0, 0.1) is 32.9 Å². The second-order valence-corrected chi connectivity index (χ2v) is 11.6. The number of fused-ring (bicyclic) bond motifs is 5. The van der Waals surface area contributed by atoms with Crippen molar-refractivity contribution in [2.24, 2.45) is 0 Å². The average molecular weight is 731 g/mol. The molecule has 0 aliphatic heterocycles. The van der Waals surface area contributed by atoms with Gasteiger partial charge in [-0.25, -0.2) is 0 Å². The van der Waals surface area contributed by atoms with Crippen LogP contribution in [0.4, 0.5) is 0 Å². The van der Waals surface area contributed by atoms with E-state index in [4.69, 9.17) is 9.40 Å². The van der Waals surface area contributed by atoms with Crippen LogP contribution in [-0.4, -0.2) is 9.97 Å². The van der Waals surface area contributed by atoms with Gasteiger partial charge in [-0.2, -0.15) is 0 Å². The van der Waals surface area contributed by atoms with Gasteiger partial charge in [0.1, 0.15) is 5.58 Å². The predicted octanol–water partition coefficient (Wildman–Crippen LogP) is 10.3. The molecule has 0 unspecified atom stereocenters. The molecule has 0 fully saturated rings. The summed E-state index contributed by atoms with van der Waals surface area (Å²) in [5, 5.41) is 3.53. The van der Waals surface area contributed by atoms with Gasteiger partial charge in [-0.1, -0.05) is 49.1 Å². The van der Waals surface area contributed by atoms with E-state index < -0.39 is 0 Å². The molecule has 0 aliphatic rings. The molecule has 7 aromatic rings. The van der Waals surface area contributed by atoms with Gasteiger partial charge in [0.15, 0.2) is 0 Å². The maximum Gasteiger partial charge on any atom is 0.129 e. The summed E-state index contributed by atoms with van der Waals surface area (Å²) in [5.74, 6) is 0.452. The number of pyridine rings is 2. The summed E-state index contributed by atoms with van der Waals surface area (Å²) in [5.41, 5.74) is 9.58. The second kappa shape index (κ2) is 12.1. The summed E-state index contributed by atoms with van der Waals surface area (Å²) in [6.07, 6.45) is 3.75. The van der Waals surface area contributed by atoms with Crippen LogP contribution in [0.15, 0.2) is 89.6 Å². The van der Waals surface area contributed by atoms with E-state index in [2.05, 4.69) is 76.0 Å². The number of aromatic nitrogens is 2. The van der Waals surface area contributed by atoms with E-state index in [1.54, 1.807) is 6.20 Å². The minimum Gasteiger partial charge on any atom is -0.500 e. The number of thiophene rings is 1. The first-order chi connectivity index (χ1) is 19.4. The Balaban J connectivity index is 0.000000218. The summed E-state index contributed by atoms with van der Waals surface area (Å²) in [7, 11) is 0. The van der Waals surface area contributed by atoms with Crippen molar-refractivity contribution >= 4 is 43.4 Å². The number of hydrogen-bond acceptors (Lipinski definition) is 4. The molecule has 0 amide bonds. The largest absolute Gasteiger partial charge is 0.500 e. The van der Waals surface area contributed by atoms with E-state index >= 15 is 0 Å². The normalized spacial score (nSPS) is 11.1. The van der Waals surface area contributed by atoms with Gasteiger partial charge in [-0.05, 0) is 66.9 Å². The van der Waals surface area contributed by atoms with E-state index in [1.165, 1.54) is 31.7 Å². The third kappa shape index (κ3) is 5.50. The maximum absolute atomic E-state index is 6.51. The Bertz CT molecular complexity index is 1920. The molecule has 0 bridgehead atoms. The van der Waals surface area contributed by atoms with Gasteiger partial charge < -0.3 is 14.4 Å². The SMILES string of the molecule is Cc1cnc(-c2[c-]ccc3c2oc2c3ccc3sc(C)c(C)c32)cc1C(C)C.[Ir].[c-]1ccccc1-c1ccccn1. The van der Waals surface area contributed by atoms with Crippen molar-refractivity contribution in [1.29, 1.82) is 0 Å². The Hall–Kier alpha value is -3.63. The molecular weight excluding hydrogens is 701 g/mol. The van der Waals surface area contributed by atoms with Crippen molar-refractivity contribution in [3.8, 4) is 22.5 Å². The van der Waals surface area contributed by atoms with Gasteiger partial charge in [0.2, 0.25) is 0 Å². The van der Waals surface area contributed by atoms with E-state index in [1.807, 2.05) is 66.1 Å². The summed E-state index contributed by atoms with van der Waals surface area (Å²) < 4.78 is 7.79. The number of furan rings is 1. The van der Waals surface area contributed by atoms with Crippen molar-refractivity contribution in [1.82, 2.24) is 9.97 Å². The molecule has 0 saturated heterocycles. The van der Waals surface area contributed by atoms with Crippen molar-refractivity contribution in [3.63, 3.8) is 0 Å². The van der Waals surface area contributed by atoms with Gasteiger partial charge in [-0.15, -0.1) is 65.4 Å². The molecule has 3 nitrogen and oxygen atoms in total. The monoisotopic (exact) mass is 731 g/mol. The third-order valence-electron chi connectivity index (χ3n) is 7.40.